The molecule has 0 atom stereocenters. The predicted octanol–water partition coefficient (Wildman–Crippen LogP) is 15.8. The van der Waals surface area contributed by atoms with Gasteiger partial charge in [0, 0.05) is 0 Å². The fourth-order valence-corrected chi connectivity index (χ4v) is 8.23. The van der Waals surface area contributed by atoms with Gasteiger partial charge >= 0.3 is 0 Å². The van der Waals surface area contributed by atoms with Crippen molar-refractivity contribution >= 4 is 0 Å². The van der Waals surface area contributed by atoms with E-state index in [0.717, 1.165) is 57.3 Å². The summed E-state index contributed by atoms with van der Waals surface area (Å²) in [7, 11) is 0. The molecule has 0 spiro atoms. The third-order valence-electron chi connectivity index (χ3n) is 12.0. The standard InChI is InChI=1S/2C29H44O2/c2*1-26(2,3)20-14-18(15-21(24(20)30)27(4,5)6)13-19-16-22(28(7,8)9)25(31)23(17-19)29(10,11)12/h2*14-17,30-31H,13H2,1-12H3. The quantitative estimate of drug-likeness (QED) is 0.165. The Hall–Kier alpha value is -3.92. The van der Waals surface area contributed by atoms with Gasteiger partial charge in [0.25, 0.3) is 0 Å². The summed E-state index contributed by atoms with van der Waals surface area (Å²) in [4.78, 5) is 0. The van der Waals surface area contributed by atoms with Gasteiger partial charge in [0.15, 0.2) is 0 Å². The molecule has 0 saturated carbocycles. The molecule has 0 aliphatic carbocycles. The Morgan fingerprint density at radius 2 is 0.323 bits per heavy atom. The van der Waals surface area contributed by atoms with Crippen molar-refractivity contribution in [2.75, 3.05) is 0 Å². The van der Waals surface area contributed by atoms with E-state index < -0.39 is 0 Å². The lowest BCUT2D eigenvalue weighted by molar-refractivity contribution is 0.421. The molecule has 4 heteroatoms. The van der Waals surface area contributed by atoms with Crippen molar-refractivity contribution in [1.82, 2.24) is 0 Å². The van der Waals surface area contributed by atoms with Crippen molar-refractivity contribution in [2.45, 2.75) is 222 Å². The molecule has 4 N–H and O–H groups in total. The summed E-state index contributed by atoms with van der Waals surface area (Å²) < 4.78 is 0. The Morgan fingerprint density at radius 3 is 0.403 bits per heavy atom. The highest BCUT2D eigenvalue weighted by molar-refractivity contribution is 5.55. The van der Waals surface area contributed by atoms with Crippen LogP contribution in [-0.2, 0) is 56.2 Å². The van der Waals surface area contributed by atoms with E-state index in [0.29, 0.717) is 23.0 Å². The van der Waals surface area contributed by atoms with E-state index in [4.69, 9.17) is 0 Å². The second kappa shape index (κ2) is 17.2. The summed E-state index contributed by atoms with van der Waals surface area (Å²) in [6, 6.07) is 17.3. The molecule has 4 nitrogen and oxygen atoms in total. The molecule has 0 saturated heterocycles. The van der Waals surface area contributed by atoms with Crippen LogP contribution in [0.25, 0.3) is 0 Å². The van der Waals surface area contributed by atoms with Crippen LogP contribution in [0, 0.1) is 0 Å². The van der Waals surface area contributed by atoms with Crippen molar-refractivity contribution in [1.29, 1.82) is 0 Å². The highest BCUT2D eigenvalue weighted by Crippen LogP contribution is 2.45. The highest BCUT2D eigenvalue weighted by Gasteiger charge is 2.31. The monoisotopic (exact) mass is 849 g/mol. The molecular weight excluding hydrogens is 761 g/mol. The first-order valence-corrected chi connectivity index (χ1v) is 22.9. The fourth-order valence-electron chi connectivity index (χ4n) is 8.23. The van der Waals surface area contributed by atoms with Crippen LogP contribution in [0.15, 0.2) is 48.5 Å². The summed E-state index contributed by atoms with van der Waals surface area (Å²) in [5, 5.41) is 44.2. The number of hydrogen-bond acceptors (Lipinski definition) is 4. The molecule has 4 rings (SSSR count). The van der Waals surface area contributed by atoms with Crippen molar-refractivity contribution in [3.05, 3.63) is 115 Å². The van der Waals surface area contributed by atoms with Crippen molar-refractivity contribution in [3.8, 4) is 23.0 Å². The fraction of sp³-hybridized carbons (Fsp3) is 0.586. The summed E-state index contributed by atoms with van der Waals surface area (Å²) >= 11 is 0. The first-order chi connectivity index (χ1) is 27.5. The summed E-state index contributed by atoms with van der Waals surface area (Å²) in [6.45, 7) is 51.5. The van der Waals surface area contributed by atoms with Crippen LogP contribution < -0.4 is 0 Å². The maximum absolute atomic E-state index is 11.1. The van der Waals surface area contributed by atoms with E-state index in [1.165, 1.54) is 22.3 Å². The van der Waals surface area contributed by atoms with E-state index in [1.54, 1.807) is 0 Å². The zero-order chi connectivity index (χ0) is 48.3. The maximum atomic E-state index is 11.1. The number of rotatable bonds is 4. The van der Waals surface area contributed by atoms with Gasteiger partial charge in [-0.05, 0) is 123 Å². The Bertz CT molecular complexity index is 1770. The van der Waals surface area contributed by atoms with E-state index in [1.807, 2.05) is 0 Å². The zero-order valence-corrected chi connectivity index (χ0v) is 43.8. The number of phenols is 4. The maximum Gasteiger partial charge on any atom is 0.123 e. The van der Waals surface area contributed by atoms with Gasteiger partial charge in [0.05, 0.1) is 0 Å². The lowest BCUT2D eigenvalue weighted by Crippen LogP contribution is -2.19. The van der Waals surface area contributed by atoms with Gasteiger partial charge in [0.1, 0.15) is 23.0 Å². The smallest absolute Gasteiger partial charge is 0.123 e. The molecule has 0 heterocycles. The molecule has 344 valence electrons. The number of benzene rings is 4. The van der Waals surface area contributed by atoms with E-state index in [9.17, 15) is 20.4 Å². The molecule has 4 aromatic carbocycles. The molecule has 0 aromatic heterocycles. The average molecular weight is 849 g/mol. The second-order valence-corrected chi connectivity index (χ2v) is 26.5. The van der Waals surface area contributed by atoms with Gasteiger partial charge in [-0.3, -0.25) is 0 Å². The third-order valence-corrected chi connectivity index (χ3v) is 12.0. The van der Waals surface area contributed by atoms with Crippen LogP contribution in [0.5, 0.6) is 23.0 Å². The number of aromatic hydroxyl groups is 4. The first-order valence-electron chi connectivity index (χ1n) is 22.9. The minimum absolute atomic E-state index is 0.151. The highest BCUT2D eigenvalue weighted by atomic mass is 16.3. The van der Waals surface area contributed by atoms with E-state index in [2.05, 4.69) is 215 Å². The Balaban J connectivity index is 0.000000330. The number of phenolic OH excluding ortho intramolecular Hbond substituents is 4. The molecule has 0 fully saturated rings. The molecule has 0 unspecified atom stereocenters. The molecule has 0 radical (unpaired) electrons. The van der Waals surface area contributed by atoms with Crippen LogP contribution in [0.2, 0.25) is 0 Å². The topological polar surface area (TPSA) is 80.9 Å². The first kappa shape index (κ1) is 52.4. The Morgan fingerprint density at radius 1 is 0.226 bits per heavy atom. The van der Waals surface area contributed by atoms with Crippen LogP contribution in [-0.4, -0.2) is 20.4 Å². The van der Waals surface area contributed by atoms with Crippen LogP contribution in [0.3, 0.4) is 0 Å². The third kappa shape index (κ3) is 12.6. The second-order valence-electron chi connectivity index (χ2n) is 26.5. The molecule has 0 bridgehead atoms. The number of hydrogen-bond donors (Lipinski definition) is 4. The summed E-state index contributed by atoms with van der Waals surface area (Å²) in [5.74, 6) is 1.67. The molecule has 4 aromatic rings. The van der Waals surface area contributed by atoms with Gasteiger partial charge in [-0.15, -0.1) is 0 Å². The SMILES string of the molecule is CC(C)(C)c1cc(Cc2cc(C(C)(C)C)c(O)c(C(C)(C)C)c2)cc(C(C)(C)C)c1O.CC(C)(C)c1cc(Cc2cc(C(C)(C)C)c(O)c(C(C)(C)C)c2)cc(C(C)(C)C)c1O. The summed E-state index contributed by atoms with van der Waals surface area (Å²) in [6.07, 6.45) is 1.53. The predicted molar refractivity (Wildman–Crippen MR) is 268 cm³/mol. The minimum Gasteiger partial charge on any atom is -0.507 e. The van der Waals surface area contributed by atoms with Crippen molar-refractivity contribution in [3.63, 3.8) is 0 Å². The van der Waals surface area contributed by atoms with Gasteiger partial charge < -0.3 is 20.4 Å². The van der Waals surface area contributed by atoms with Gasteiger partial charge in [0.2, 0.25) is 0 Å². The molecule has 0 aliphatic rings. The van der Waals surface area contributed by atoms with E-state index >= 15 is 0 Å². The van der Waals surface area contributed by atoms with Crippen LogP contribution >= 0.6 is 0 Å². The van der Waals surface area contributed by atoms with Crippen LogP contribution in [0.4, 0.5) is 0 Å². The van der Waals surface area contributed by atoms with Crippen LogP contribution in [0.1, 0.15) is 233 Å². The minimum atomic E-state index is -0.151. The van der Waals surface area contributed by atoms with Gasteiger partial charge in [-0.1, -0.05) is 215 Å². The average Bonchev–Trinajstić information content (AvgIpc) is 3.03. The largest absolute Gasteiger partial charge is 0.507 e. The molecular formula is C58H88O4. The normalized spacial score (nSPS) is 13.5. The molecule has 0 aliphatic heterocycles. The lowest BCUT2D eigenvalue weighted by atomic mass is 9.76. The zero-order valence-electron chi connectivity index (χ0n) is 43.8. The Labute approximate surface area is 379 Å². The van der Waals surface area contributed by atoms with E-state index in [-0.39, 0.29) is 43.3 Å². The lowest BCUT2D eigenvalue weighted by Gasteiger charge is -2.29. The van der Waals surface area contributed by atoms with Crippen molar-refractivity contribution in [2.24, 2.45) is 0 Å². The van der Waals surface area contributed by atoms with Gasteiger partial charge in [-0.25, -0.2) is 0 Å². The van der Waals surface area contributed by atoms with Gasteiger partial charge in [-0.2, -0.15) is 0 Å². The summed E-state index contributed by atoms with van der Waals surface area (Å²) in [5.41, 5.74) is 11.5. The molecule has 0 amide bonds. The molecule has 62 heavy (non-hydrogen) atoms. The Kier molecular flexibility index (Phi) is 14.6. The van der Waals surface area contributed by atoms with Crippen molar-refractivity contribution < 1.29 is 20.4 Å².